The lowest BCUT2D eigenvalue weighted by atomic mass is 9.98. The molecule has 120 valence electrons. The van der Waals surface area contributed by atoms with Crippen molar-refractivity contribution in [3.8, 4) is 0 Å². The summed E-state index contributed by atoms with van der Waals surface area (Å²) in [4.78, 5) is 25.7. The second-order valence-electron chi connectivity index (χ2n) is 5.08. The van der Waals surface area contributed by atoms with Gasteiger partial charge in [-0.25, -0.2) is 0 Å². The first-order valence-electron chi connectivity index (χ1n) is 7.37. The first-order valence-corrected chi connectivity index (χ1v) is 8.35. The molecular weight excluding hydrogens is 304 g/mol. The number of carbonyl (C=O) groups is 2. The SMILES string of the molecule is CCOC(=O)[C@@H]1CCCN(C(=O)CSc2cccc[n+]2[O-])C1. The topological polar surface area (TPSA) is 73.5 Å². The molecule has 0 aliphatic carbocycles. The summed E-state index contributed by atoms with van der Waals surface area (Å²) in [6.45, 7) is 3.20. The van der Waals surface area contributed by atoms with Crippen LogP contribution in [0.25, 0.3) is 0 Å². The van der Waals surface area contributed by atoms with Crippen LogP contribution in [0, 0.1) is 11.1 Å². The first kappa shape index (κ1) is 16.6. The van der Waals surface area contributed by atoms with Crippen molar-refractivity contribution >= 4 is 23.6 Å². The van der Waals surface area contributed by atoms with Crippen molar-refractivity contribution in [1.29, 1.82) is 0 Å². The van der Waals surface area contributed by atoms with Gasteiger partial charge in [-0.05, 0) is 37.6 Å². The van der Waals surface area contributed by atoms with Crippen LogP contribution < -0.4 is 4.73 Å². The van der Waals surface area contributed by atoms with Crippen LogP contribution in [0.3, 0.4) is 0 Å². The number of ether oxygens (including phenoxy) is 1. The van der Waals surface area contributed by atoms with E-state index in [9.17, 15) is 14.8 Å². The monoisotopic (exact) mass is 324 g/mol. The van der Waals surface area contributed by atoms with Gasteiger partial charge in [-0.2, -0.15) is 4.73 Å². The molecule has 0 spiro atoms. The third kappa shape index (κ3) is 4.37. The Kier molecular flexibility index (Phi) is 6.06. The molecule has 2 rings (SSSR count). The molecule has 0 aromatic carbocycles. The van der Waals surface area contributed by atoms with E-state index < -0.39 is 0 Å². The van der Waals surface area contributed by atoms with Crippen LogP contribution in [0.15, 0.2) is 29.4 Å². The van der Waals surface area contributed by atoms with Gasteiger partial charge in [0.25, 0.3) is 5.03 Å². The lowest BCUT2D eigenvalue weighted by molar-refractivity contribution is -0.645. The normalized spacial score (nSPS) is 18.0. The van der Waals surface area contributed by atoms with E-state index in [0.717, 1.165) is 17.6 Å². The maximum Gasteiger partial charge on any atom is 0.310 e. The van der Waals surface area contributed by atoms with Crippen LogP contribution in [0.4, 0.5) is 0 Å². The number of hydrogen-bond acceptors (Lipinski definition) is 5. The number of piperidine rings is 1. The summed E-state index contributed by atoms with van der Waals surface area (Å²) in [6, 6.07) is 5.09. The van der Waals surface area contributed by atoms with Gasteiger partial charge < -0.3 is 14.8 Å². The van der Waals surface area contributed by atoms with Crippen molar-refractivity contribution in [3.05, 3.63) is 29.6 Å². The zero-order valence-electron chi connectivity index (χ0n) is 12.6. The number of rotatable bonds is 5. The number of carbonyl (C=O) groups excluding carboxylic acids is 2. The average Bonchev–Trinajstić information content (AvgIpc) is 2.54. The fourth-order valence-electron chi connectivity index (χ4n) is 2.41. The summed E-state index contributed by atoms with van der Waals surface area (Å²) in [5.74, 6) is -0.318. The van der Waals surface area contributed by atoms with Crippen molar-refractivity contribution < 1.29 is 19.1 Å². The van der Waals surface area contributed by atoms with Gasteiger partial charge in [0.05, 0.1) is 18.3 Å². The first-order chi connectivity index (χ1) is 10.6. The van der Waals surface area contributed by atoms with Gasteiger partial charge in [0.15, 0.2) is 6.20 Å². The summed E-state index contributed by atoms with van der Waals surface area (Å²) in [5.41, 5.74) is 0. The summed E-state index contributed by atoms with van der Waals surface area (Å²) in [7, 11) is 0. The molecule has 1 aromatic heterocycles. The molecule has 2 heterocycles. The average molecular weight is 324 g/mol. The minimum Gasteiger partial charge on any atom is -0.618 e. The fraction of sp³-hybridized carbons (Fsp3) is 0.533. The third-order valence-electron chi connectivity index (χ3n) is 3.53. The maximum atomic E-state index is 12.3. The molecule has 0 saturated carbocycles. The Bertz CT molecular complexity index is 538. The molecule has 0 N–H and O–H groups in total. The summed E-state index contributed by atoms with van der Waals surface area (Å²) in [5, 5.41) is 12.0. The Labute approximate surface area is 134 Å². The van der Waals surface area contributed by atoms with Crippen molar-refractivity contribution in [2.45, 2.75) is 24.8 Å². The largest absolute Gasteiger partial charge is 0.618 e. The molecule has 1 fully saturated rings. The molecule has 1 aromatic rings. The van der Waals surface area contributed by atoms with E-state index in [1.54, 1.807) is 30.0 Å². The Morgan fingerprint density at radius 2 is 2.32 bits per heavy atom. The minimum absolute atomic E-state index is 0.0529. The molecule has 1 saturated heterocycles. The van der Waals surface area contributed by atoms with Crippen molar-refractivity contribution in [1.82, 2.24) is 4.90 Å². The highest BCUT2D eigenvalue weighted by molar-refractivity contribution is 7.99. The molecule has 0 radical (unpaired) electrons. The lowest BCUT2D eigenvalue weighted by Crippen LogP contribution is -2.43. The van der Waals surface area contributed by atoms with Gasteiger partial charge >= 0.3 is 5.97 Å². The van der Waals surface area contributed by atoms with Crippen LogP contribution in [0.2, 0.25) is 0 Å². The second kappa shape index (κ2) is 8.03. The lowest BCUT2D eigenvalue weighted by Gasteiger charge is -2.31. The molecule has 1 amide bonds. The van der Waals surface area contributed by atoms with Gasteiger partial charge in [0, 0.05) is 25.2 Å². The minimum atomic E-state index is -0.233. The van der Waals surface area contributed by atoms with E-state index >= 15 is 0 Å². The highest BCUT2D eigenvalue weighted by Crippen LogP contribution is 2.20. The van der Waals surface area contributed by atoms with Gasteiger partial charge in [-0.1, -0.05) is 0 Å². The van der Waals surface area contributed by atoms with Gasteiger partial charge in [0.1, 0.15) is 0 Å². The highest BCUT2D eigenvalue weighted by Gasteiger charge is 2.29. The highest BCUT2D eigenvalue weighted by atomic mass is 32.2. The molecule has 1 atom stereocenters. The molecule has 6 nitrogen and oxygen atoms in total. The van der Waals surface area contributed by atoms with Gasteiger partial charge in [0.2, 0.25) is 5.91 Å². The van der Waals surface area contributed by atoms with Crippen LogP contribution in [-0.2, 0) is 14.3 Å². The molecule has 0 bridgehead atoms. The van der Waals surface area contributed by atoms with Crippen LogP contribution in [0.5, 0.6) is 0 Å². The smallest absolute Gasteiger partial charge is 0.310 e. The number of esters is 1. The number of nitrogens with zero attached hydrogens (tertiary/aromatic N) is 2. The maximum absolute atomic E-state index is 12.3. The van der Waals surface area contributed by atoms with Crippen molar-refractivity contribution in [3.63, 3.8) is 0 Å². The van der Waals surface area contributed by atoms with Crippen LogP contribution in [0.1, 0.15) is 19.8 Å². The Morgan fingerprint density at radius 1 is 1.50 bits per heavy atom. The van der Waals surface area contributed by atoms with E-state index in [2.05, 4.69) is 0 Å². The number of likely N-dealkylation sites (tertiary alicyclic amines) is 1. The van der Waals surface area contributed by atoms with Gasteiger partial charge in [-0.3, -0.25) is 9.59 Å². The standard InChI is InChI=1S/C15H20N2O4S/c1-2-21-15(19)12-6-5-8-16(10-12)13(18)11-22-14-7-3-4-9-17(14)20/h3-4,7,9,12H,2,5-6,8,10-11H2,1H3/t12-/m1/s1. The van der Waals surface area contributed by atoms with Gasteiger partial charge in [-0.15, -0.1) is 0 Å². The number of amides is 1. The van der Waals surface area contributed by atoms with E-state index in [0.29, 0.717) is 24.7 Å². The van der Waals surface area contributed by atoms with E-state index in [-0.39, 0.29) is 23.5 Å². The predicted molar refractivity (Wildman–Crippen MR) is 82.1 cm³/mol. The number of pyridine rings is 1. The molecule has 1 aliphatic rings. The van der Waals surface area contributed by atoms with Crippen molar-refractivity contribution in [2.75, 3.05) is 25.4 Å². The summed E-state index contributed by atoms with van der Waals surface area (Å²) in [6.07, 6.45) is 2.96. The molecular formula is C15H20N2O4S. The van der Waals surface area contributed by atoms with E-state index in [4.69, 9.17) is 4.74 Å². The summed E-state index contributed by atoms with van der Waals surface area (Å²) < 4.78 is 5.77. The zero-order chi connectivity index (χ0) is 15.9. The number of hydrogen-bond donors (Lipinski definition) is 0. The van der Waals surface area contributed by atoms with E-state index in [1.807, 2.05) is 0 Å². The Hall–Kier alpha value is -1.76. The predicted octanol–water partition coefficient (Wildman–Crippen LogP) is 1.21. The number of thioether (sulfide) groups is 1. The quantitative estimate of drug-likeness (QED) is 0.352. The fourth-order valence-corrected chi connectivity index (χ4v) is 3.22. The molecule has 7 heteroatoms. The van der Waals surface area contributed by atoms with Crippen LogP contribution >= 0.6 is 11.8 Å². The Balaban J connectivity index is 1.87. The number of aromatic nitrogens is 1. The zero-order valence-corrected chi connectivity index (χ0v) is 13.4. The molecule has 0 unspecified atom stereocenters. The second-order valence-corrected chi connectivity index (χ2v) is 6.08. The van der Waals surface area contributed by atoms with Crippen LogP contribution in [-0.4, -0.2) is 42.2 Å². The molecule has 1 aliphatic heterocycles. The Morgan fingerprint density at radius 3 is 3.05 bits per heavy atom. The van der Waals surface area contributed by atoms with Crippen molar-refractivity contribution in [2.24, 2.45) is 5.92 Å². The molecule has 22 heavy (non-hydrogen) atoms. The third-order valence-corrected chi connectivity index (χ3v) is 4.53. The van der Waals surface area contributed by atoms with E-state index in [1.165, 1.54) is 18.0 Å². The summed E-state index contributed by atoms with van der Waals surface area (Å²) >= 11 is 1.21.